The number of carbonyl (C=O) groups excluding carboxylic acids is 1. The van der Waals surface area contributed by atoms with Crippen LogP contribution in [-0.2, 0) is 6.54 Å². The number of aromatic nitrogens is 2. The molecular formula is C14H17N3O2S. The molecule has 0 unspecified atom stereocenters. The first-order chi connectivity index (χ1) is 9.51. The second-order valence-corrected chi connectivity index (χ2v) is 5.62. The number of anilines is 1. The Balaban J connectivity index is 2.20. The Labute approximate surface area is 121 Å². The molecule has 6 heteroatoms. The van der Waals surface area contributed by atoms with Crippen molar-refractivity contribution in [2.75, 3.05) is 5.32 Å². The molecule has 0 fully saturated rings. The van der Waals surface area contributed by atoms with E-state index in [2.05, 4.69) is 10.3 Å². The second kappa shape index (κ2) is 6.00. The van der Waals surface area contributed by atoms with Crippen LogP contribution in [0.2, 0.25) is 0 Å². The van der Waals surface area contributed by atoms with Crippen LogP contribution in [-0.4, -0.2) is 15.5 Å². The lowest BCUT2D eigenvalue weighted by Crippen LogP contribution is -2.19. The van der Waals surface area contributed by atoms with Crippen molar-refractivity contribution in [1.82, 2.24) is 9.55 Å². The first kappa shape index (κ1) is 14.5. The van der Waals surface area contributed by atoms with Crippen molar-refractivity contribution in [1.29, 1.82) is 0 Å². The quantitative estimate of drug-likeness (QED) is 0.942. The number of carbonyl (C=O) groups is 1. The third kappa shape index (κ3) is 3.14. The average Bonchev–Trinajstić information content (AvgIpc) is 2.91. The SMILES string of the molecule is CCn1ccc(=O)c(NC(=O)c2csc(C(C)C)n2)c1. The Morgan fingerprint density at radius 1 is 1.50 bits per heavy atom. The van der Waals surface area contributed by atoms with Crippen molar-refractivity contribution in [3.63, 3.8) is 0 Å². The van der Waals surface area contributed by atoms with E-state index in [1.165, 1.54) is 17.4 Å². The van der Waals surface area contributed by atoms with Gasteiger partial charge in [-0.3, -0.25) is 9.59 Å². The van der Waals surface area contributed by atoms with E-state index < -0.39 is 0 Å². The minimum Gasteiger partial charge on any atom is -0.352 e. The molecule has 0 aliphatic carbocycles. The molecule has 0 saturated heterocycles. The van der Waals surface area contributed by atoms with Crippen LogP contribution in [0.1, 0.15) is 42.2 Å². The smallest absolute Gasteiger partial charge is 0.275 e. The number of rotatable bonds is 4. The van der Waals surface area contributed by atoms with E-state index in [1.807, 2.05) is 25.3 Å². The fourth-order valence-corrected chi connectivity index (χ4v) is 2.48. The number of hydrogen-bond donors (Lipinski definition) is 1. The Kier molecular flexibility index (Phi) is 4.34. The minimum atomic E-state index is -0.348. The molecule has 0 aliphatic rings. The van der Waals surface area contributed by atoms with Crippen LogP contribution in [0, 0.1) is 0 Å². The van der Waals surface area contributed by atoms with E-state index in [4.69, 9.17) is 0 Å². The zero-order valence-corrected chi connectivity index (χ0v) is 12.5. The van der Waals surface area contributed by atoms with Crippen molar-refractivity contribution in [3.05, 3.63) is 44.8 Å². The van der Waals surface area contributed by atoms with Crippen molar-refractivity contribution in [2.24, 2.45) is 0 Å². The molecule has 2 heterocycles. The largest absolute Gasteiger partial charge is 0.352 e. The number of pyridine rings is 1. The van der Waals surface area contributed by atoms with Crippen LogP contribution in [0.5, 0.6) is 0 Å². The first-order valence-electron chi connectivity index (χ1n) is 6.48. The summed E-state index contributed by atoms with van der Waals surface area (Å²) in [6.07, 6.45) is 3.33. The van der Waals surface area contributed by atoms with E-state index in [9.17, 15) is 9.59 Å². The fourth-order valence-electron chi connectivity index (χ4n) is 1.66. The molecule has 2 aromatic rings. The van der Waals surface area contributed by atoms with E-state index >= 15 is 0 Å². The Bertz CT molecular complexity index is 673. The number of amides is 1. The first-order valence-corrected chi connectivity index (χ1v) is 7.36. The monoisotopic (exact) mass is 291 g/mol. The van der Waals surface area contributed by atoms with E-state index in [0.29, 0.717) is 5.69 Å². The predicted molar refractivity (Wildman–Crippen MR) is 80.5 cm³/mol. The van der Waals surface area contributed by atoms with Gasteiger partial charge in [-0.2, -0.15) is 0 Å². The van der Waals surface area contributed by atoms with Gasteiger partial charge < -0.3 is 9.88 Å². The average molecular weight is 291 g/mol. The van der Waals surface area contributed by atoms with E-state index in [0.717, 1.165) is 11.6 Å². The minimum absolute atomic E-state index is 0.206. The molecule has 5 nitrogen and oxygen atoms in total. The Morgan fingerprint density at radius 2 is 2.25 bits per heavy atom. The van der Waals surface area contributed by atoms with Crippen LogP contribution in [0.3, 0.4) is 0 Å². The Hall–Kier alpha value is -1.95. The summed E-state index contributed by atoms with van der Waals surface area (Å²) >= 11 is 1.45. The molecule has 0 saturated carbocycles. The van der Waals surface area contributed by atoms with Crippen molar-refractivity contribution >= 4 is 22.9 Å². The summed E-state index contributed by atoms with van der Waals surface area (Å²) in [5.41, 5.74) is 0.422. The lowest BCUT2D eigenvalue weighted by atomic mass is 10.2. The summed E-state index contributed by atoms with van der Waals surface area (Å²) in [5, 5.41) is 5.25. The van der Waals surface area contributed by atoms with E-state index in [1.54, 1.807) is 17.8 Å². The highest BCUT2D eigenvalue weighted by Gasteiger charge is 2.14. The molecule has 1 N–H and O–H groups in total. The normalized spacial score (nSPS) is 10.8. The highest BCUT2D eigenvalue weighted by atomic mass is 32.1. The summed E-state index contributed by atoms with van der Waals surface area (Å²) < 4.78 is 1.83. The molecule has 106 valence electrons. The number of nitrogens with one attached hydrogen (secondary N) is 1. The van der Waals surface area contributed by atoms with Gasteiger partial charge in [-0.1, -0.05) is 13.8 Å². The fraction of sp³-hybridized carbons (Fsp3) is 0.357. The van der Waals surface area contributed by atoms with Gasteiger partial charge in [-0.05, 0) is 6.92 Å². The molecular weight excluding hydrogens is 274 g/mol. The van der Waals surface area contributed by atoms with Gasteiger partial charge in [0.15, 0.2) is 0 Å². The topological polar surface area (TPSA) is 64.0 Å². The third-order valence-corrected chi connectivity index (χ3v) is 3.98. The summed E-state index contributed by atoms with van der Waals surface area (Å²) in [6, 6.07) is 1.44. The molecule has 0 spiro atoms. The molecule has 0 atom stereocenters. The zero-order chi connectivity index (χ0) is 14.7. The van der Waals surface area contributed by atoms with Gasteiger partial charge in [0.1, 0.15) is 11.4 Å². The highest BCUT2D eigenvalue weighted by Crippen LogP contribution is 2.19. The van der Waals surface area contributed by atoms with Crippen molar-refractivity contribution in [2.45, 2.75) is 33.2 Å². The van der Waals surface area contributed by atoms with Crippen molar-refractivity contribution in [3.8, 4) is 0 Å². The maximum atomic E-state index is 12.1. The highest BCUT2D eigenvalue weighted by molar-refractivity contribution is 7.09. The van der Waals surface area contributed by atoms with Gasteiger partial charge in [-0.25, -0.2) is 4.98 Å². The summed E-state index contributed by atoms with van der Waals surface area (Å²) in [4.78, 5) is 28.1. The molecule has 0 aliphatic heterocycles. The Morgan fingerprint density at radius 3 is 2.85 bits per heavy atom. The van der Waals surface area contributed by atoms with Crippen LogP contribution >= 0.6 is 11.3 Å². The van der Waals surface area contributed by atoms with Crippen LogP contribution < -0.4 is 10.7 Å². The molecule has 2 aromatic heterocycles. The van der Waals surface area contributed by atoms with Crippen LogP contribution in [0.15, 0.2) is 28.6 Å². The number of aryl methyl sites for hydroxylation is 1. The third-order valence-electron chi connectivity index (χ3n) is 2.84. The zero-order valence-electron chi connectivity index (χ0n) is 11.7. The molecule has 0 radical (unpaired) electrons. The molecule has 1 amide bonds. The molecule has 0 bridgehead atoms. The molecule has 20 heavy (non-hydrogen) atoms. The maximum Gasteiger partial charge on any atom is 0.275 e. The van der Waals surface area contributed by atoms with Gasteiger partial charge in [0.25, 0.3) is 5.91 Å². The van der Waals surface area contributed by atoms with Gasteiger partial charge in [-0.15, -0.1) is 11.3 Å². The lowest BCUT2D eigenvalue weighted by Gasteiger charge is -2.06. The van der Waals surface area contributed by atoms with Gasteiger partial charge in [0, 0.05) is 36.3 Å². The second-order valence-electron chi connectivity index (χ2n) is 4.73. The molecule has 2 rings (SSSR count). The number of nitrogens with zero attached hydrogens (tertiary/aromatic N) is 2. The summed E-state index contributed by atoms with van der Waals surface area (Å²) in [7, 11) is 0. The summed E-state index contributed by atoms with van der Waals surface area (Å²) in [6.45, 7) is 6.75. The number of hydrogen-bond acceptors (Lipinski definition) is 4. The van der Waals surface area contributed by atoms with Gasteiger partial charge in [0.05, 0.1) is 5.01 Å². The summed E-state index contributed by atoms with van der Waals surface area (Å²) in [5.74, 6) is -0.0605. The van der Waals surface area contributed by atoms with Gasteiger partial charge >= 0.3 is 0 Å². The van der Waals surface area contributed by atoms with Crippen molar-refractivity contribution < 1.29 is 4.79 Å². The van der Waals surface area contributed by atoms with Crippen LogP contribution in [0.25, 0.3) is 0 Å². The maximum absolute atomic E-state index is 12.1. The van der Waals surface area contributed by atoms with E-state index in [-0.39, 0.29) is 22.9 Å². The standard InChI is InChI=1S/C14H17N3O2S/c1-4-17-6-5-12(18)10(7-17)15-13(19)11-8-20-14(16-11)9(2)3/h5-9H,4H2,1-3H3,(H,15,19). The predicted octanol–water partition coefficient (Wildman–Crippen LogP) is 2.70. The molecule has 0 aromatic carbocycles. The van der Waals surface area contributed by atoms with Gasteiger partial charge in [0.2, 0.25) is 5.43 Å². The lowest BCUT2D eigenvalue weighted by molar-refractivity contribution is 0.102. The number of thiazole rings is 1. The van der Waals surface area contributed by atoms with Crippen LogP contribution in [0.4, 0.5) is 5.69 Å².